The summed E-state index contributed by atoms with van der Waals surface area (Å²) in [5.41, 5.74) is 7.19. The Bertz CT molecular complexity index is 358. The molecule has 0 aliphatic carbocycles. The number of likely N-dealkylation sites (N-methyl/N-ethyl adjacent to an activating group) is 1. The predicted molar refractivity (Wildman–Crippen MR) is 81.1 cm³/mol. The molecule has 0 atom stereocenters. The van der Waals surface area contributed by atoms with E-state index < -0.39 is 0 Å². The molecule has 1 aliphatic rings. The number of nitrogens with two attached hydrogens (primary N) is 1. The summed E-state index contributed by atoms with van der Waals surface area (Å²) in [4.78, 5) is 4.82. The molecular formula is C14H22BrN3. The highest BCUT2D eigenvalue weighted by molar-refractivity contribution is 9.10. The summed E-state index contributed by atoms with van der Waals surface area (Å²) in [7, 11) is 2.15. The SMILES string of the molecule is CN(CCN1CCC(N)CC1)c1ccc(Br)cc1. The molecular weight excluding hydrogens is 290 g/mol. The van der Waals surface area contributed by atoms with Gasteiger partial charge in [-0.2, -0.15) is 0 Å². The average molecular weight is 312 g/mol. The Balaban J connectivity index is 1.77. The van der Waals surface area contributed by atoms with Crippen LogP contribution in [0.5, 0.6) is 0 Å². The normalized spacial score (nSPS) is 17.9. The lowest BCUT2D eigenvalue weighted by Crippen LogP contribution is -2.42. The van der Waals surface area contributed by atoms with E-state index >= 15 is 0 Å². The van der Waals surface area contributed by atoms with Crippen LogP contribution >= 0.6 is 15.9 Å². The van der Waals surface area contributed by atoms with Gasteiger partial charge in [0.25, 0.3) is 0 Å². The zero-order valence-corrected chi connectivity index (χ0v) is 12.6. The number of anilines is 1. The van der Waals surface area contributed by atoms with Gasteiger partial charge in [0.15, 0.2) is 0 Å². The van der Waals surface area contributed by atoms with E-state index in [1.807, 2.05) is 0 Å². The Morgan fingerprint density at radius 3 is 2.50 bits per heavy atom. The van der Waals surface area contributed by atoms with E-state index in [1.54, 1.807) is 0 Å². The van der Waals surface area contributed by atoms with Crippen LogP contribution in [0, 0.1) is 0 Å². The van der Waals surface area contributed by atoms with E-state index in [0.29, 0.717) is 6.04 Å². The molecule has 2 N–H and O–H groups in total. The minimum absolute atomic E-state index is 0.422. The van der Waals surface area contributed by atoms with Gasteiger partial charge in [0.2, 0.25) is 0 Å². The van der Waals surface area contributed by atoms with E-state index in [9.17, 15) is 0 Å². The maximum absolute atomic E-state index is 5.92. The van der Waals surface area contributed by atoms with Crippen molar-refractivity contribution in [3.63, 3.8) is 0 Å². The van der Waals surface area contributed by atoms with Crippen molar-refractivity contribution in [2.45, 2.75) is 18.9 Å². The molecule has 0 radical (unpaired) electrons. The number of hydrogen-bond donors (Lipinski definition) is 1. The zero-order valence-electron chi connectivity index (χ0n) is 11.0. The minimum Gasteiger partial charge on any atom is -0.373 e. The lowest BCUT2D eigenvalue weighted by Gasteiger charge is -2.31. The molecule has 0 spiro atoms. The summed E-state index contributed by atoms with van der Waals surface area (Å²) in [6.07, 6.45) is 2.28. The summed E-state index contributed by atoms with van der Waals surface area (Å²) in [5, 5.41) is 0. The molecule has 4 heteroatoms. The third-order valence-electron chi connectivity index (χ3n) is 3.65. The van der Waals surface area contributed by atoms with Crippen LogP contribution in [0.2, 0.25) is 0 Å². The molecule has 1 aromatic carbocycles. The summed E-state index contributed by atoms with van der Waals surface area (Å²) in [6.45, 7) is 4.49. The summed E-state index contributed by atoms with van der Waals surface area (Å²) in [5.74, 6) is 0. The molecule has 1 heterocycles. The molecule has 2 rings (SSSR count). The average Bonchev–Trinajstić information content (AvgIpc) is 2.38. The topological polar surface area (TPSA) is 32.5 Å². The van der Waals surface area contributed by atoms with Crippen molar-refractivity contribution in [2.75, 3.05) is 38.1 Å². The fraction of sp³-hybridized carbons (Fsp3) is 0.571. The van der Waals surface area contributed by atoms with Gasteiger partial charge in [-0.05, 0) is 50.2 Å². The molecule has 1 aromatic rings. The first-order valence-electron chi connectivity index (χ1n) is 6.60. The lowest BCUT2D eigenvalue weighted by atomic mass is 10.1. The largest absolute Gasteiger partial charge is 0.373 e. The van der Waals surface area contributed by atoms with E-state index in [2.05, 4.69) is 57.0 Å². The van der Waals surface area contributed by atoms with Crippen molar-refractivity contribution in [3.05, 3.63) is 28.7 Å². The first-order valence-corrected chi connectivity index (χ1v) is 7.39. The van der Waals surface area contributed by atoms with Gasteiger partial charge in [0.05, 0.1) is 0 Å². The van der Waals surface area contributed by atoms with Crippen LogP contribution in [-0.2, 0) is 0 Å². The summed E-state index contributed by atoms with van der Waals surface area (Å²) >= 11 is 3.46. The summed E-state index contributed by atoms with van der Waals surface area (Å²) in [6, 6.07) is 8.90. The Morgan fingerprint density at radius 2 is 1.89 bits per heavy atom. The Labute approximate surface area is 118 Å². The zero-order chi connectivity index (χ0) is 13.0. The van der Waals surface area contributed by atoms with E-state index in [0.717, 1.165) is 43.5 Å². The van der Waals surface area contributed by atoms with E-state index in [1.165, 1.54) is 5.69 Å². The number of hydrogen-bond acceptors (Lipinski definition) is 3. The van der Waals surface area contributed by atoms with Gasteiger partial charge in [-0.15, -0.1) is 0 Å². The van der Waals surface area contributed by atoms with Crippen LogP contribution in [-0.4, -0.2) is 44.2 Å². The molecule has 18 heavy (non-hydrogen) atoms. The van der Waals surface area contributed by atoms with Gasteiger partial charge in [0.1, 0.15) is 0 Å². The number of nitrogens with zero attached hydrogens (tertiary/aromatic N) is 2. The van der Waals surface area contributed by atoms with Gasteiger partial charge < -0.3 is 15.5 Å². The van der Waals surface area contributed by atoms with Crippen molar-refractivity contribution in [1.29, 1.82) is 0 Å². The van der Waals surface area contributed by atoms with Crippen molar-refractivity contribution in [3.8, 4) is 0 Å². The second kappa shape index (κ2) is 6.55. The standard InChI is InChI=1S/C14H22BrN3/c1-17(14-4-2-12(15)3-5-14)10-11-18-8-6-13(16)7-9-18/h2-5,13H,6-11,16H2,1H3. The molecule has 3 nitrogen and oxygen atoms in total. The number of likely N-dealkylation sites (tertiary alicyclic amines) is 1. The second-order valence-corrected chi connectivity index (χ2v) is 5.99. The van der Waals surface area contributed by atoms with Crippen molar-refractivity contribution in [2.24, 2.45) is 5.73 Å². The number of halogens is 1. The smallest absolute Gasteiger partial charge is 0.0364 e. The lowest BCUT2D eigenvalue weighted by molar-refractivity contribution is 0.218. The number of piperidine rings is 1. The van der Waals surface area contributed by atoms with Crippen LogP contribution in [0.25, 0.3) is 0 Å². The van der Waals surface area contributed by atoms with Crippen molar-refractivity contribution >= 4 is 21.6 Å². The van der Waals surface area contributed by atoms with Gasteiger partial charge in [0, 0.05) is 36.3 Å². The number of rotatable bonds is 4. The Morgan fingerprint density at radius 1 is 1.28 bits per heavy atom. The highest BCUT2D eigenvalue weighted by Crippen LogP contribution is 2.17. The quantitative estimate of drug-likeness (QED) is 0.926. The molecule has 1 aliphatic heterocycles. The summed E-state index contributed by atoms with van der Waals surface area (Å²) < 4.78 is 1.13. The maximum atomic E-state index is 5.92. The minimum atomic E-state index is 0.422. The monoisotopic (exact) mass is 311 g/mol. The van der Waals surface area contributed by atoms with Crippen LogP contribution in [0.4, 0.5) is 5.69 Å². The number of benzene rings is 1. The molecule has 1 fully saturated rings. The van der Waals surface area contributed by atoms with E-state index in [4.69, 9.17) is 5.73 Å². The van der Waals surface area contributed by atoms with Crippen LogP contribution < -0.4 is 10.6 Å². The molecule has 100 valence electrons. The van der Waals surface area contributed by atoms with Gasteiger partial charge in [-0.25, -0.2) is 0 Å². The first kappa shape index (κ1) is 13.8. The molecule has 0 unspecified atom stereocenters. The van der Waals surface area contributed by atoms with Crippen LogP contribution in [0.1, 0.15) is 12.8 Å². The fourth-order valence-corrected chi connectivity index (χ4v) is 2.56. The van der Waals surface area contributed by atoms with E-state index in [-0.39, 0.29) is 0 Å². The van der Waals surface area contributed by atoms with Crippen molar-refractivity contribution < 1.29 is 0 Å². The Hall–Kier alpha value is -0.580. The second-order valence-electron chi connectivity index (χ2n) is 5.08. The van der Waals surface area contributed by atoms with Crippen molar-refractivity contribution in [1.82, 2.24) is 4.90 Å². The molecule has 0 saturated carbocycles. The first-order chi connectivity index (χ1) is 8.65. The van der Waals surface area contributed by atoms with Crippen LogP contribution in [0.15, 0.2) is 28.7 Å². The Kier molecular flexibility index (Phi) is 5.03. The molecule has 1 saturated heterocycles. The highest BCUT2D eigenvalue weighted by Gasteiger charge is 2.15. The fourth-order valence-electron chi connectivity index (χ4n) is 2.29. The third kappa shape index (κ3) is 3.97. The van der Waals surface area contributed by atoms with Gasteiger partial charge in [-0.1, -0.05) is 15.9 Å². The highest BCUT2D eigenvalue weighted by atomic mass is 79.9. The maximum Gasteiger partial charge on any atom is 0.0364 e. The molecule has 0 amide bonds. The van der Waals surface area contributed by atoms with Crippen LogP contribution in [0.3, 0.4) is 0 Å². The third-order valence-corrected chi connectivity index (χ3v) is 4.18. The van der Waals surface area contributed by atoms with Gasteiger partial charge in [-0.3, -0.25) is 0 Å². The molecule has 0 bridgehead atoms. The predicted octanol–water partition coefficient (Wildman–Crippen LogP) is 2.31. The van der Waals surface area contributed by atoms with Gasteiger partial charge >= 0.3 is 0 Å². The molecule has 0 aromatic heterocycles.